The molecule has 1 atom stereocenters. The molecule has 0 fully saturated rings. The van der Waals surface area contributed by atoms with Crippen LogP contribution in [0.25, 0.3) is 0 Å². The van der Waals surface area contributed by atoms with Gasteiger partial charge in [0.05, 0.1) is 5.71 Å². The van der Waals surface area contributed by atoms with Crippen LogP contribution in [0.3, 0.4) is 0 Å². The number of hydrogen-bond donors (Lipinski definition) is 1. The molecule has 1 unspecified atom stereocenters. The SMILES string of the molecule is C=C(C)C1CC=C(C)C(=NNC(=O)CCC(=O)N2CCCc3ccccc32)C1. The number of fused-ring (bicyclic) bond motifs is 1. The number of nitrogens with one attached hydrogen (secondary N) is 1. The Hall–Kier alpha value is -2.69. The van der Waals surface area contributed by atoms with Gasteiger partial charge in [-0.05, 0) is 62.7 Å². The van der Waals surface area contributed by atoms with E-state index in [0.29, 0.717) is 12.5 Å². The molecule has 1 aliphatic carbocycles. The van der Waals surface area contributed by atoms with Gasteiger partial charge in [0.1, 0.15) is 0 Å². The molecule has 0 aromatic heterocycles. The number of anilines is 1. The van der Waals surface area contributed by atoms with Gasteiger partial charge in [-0.1, -0.05) is 36.4 Å². The van der Waals surface area contributed by atoms with Crippen molar-refractivity contribution in [3.05, 3.63) is 53.6 Å². The highest BCUT2D eigenvalue weighted by Crippen LogP contribution is 2.28. The summed E-state index contributed by atoms with van der Waals surface area (Å²) in [7, 11) is 0. The molecule has 1 N–H and O–H groups in total. The molecule has 0 spiro atoms. The van der Waals surface area contributed by atoms with E-state index in [0.717, 1.165) is 48.2 Å². The maximum Gasteiger partial charge on any atom is 0.240 e. The minimum absolute atomic E-state index is 0.00829. The van der Waals surface area contributed by atoms with E-state index in [1.807, 2.05) is 36.9 Å². The summed E-state index contributed by atoms with van der Waals surface area (Å²) in [5.41, 5.74) is 7.93. The van der Waals surface area contributed by atoms with Crippen LogP contribution in [0.1, 0.15) is 51.5 Å². The topological polar surface area (TPSA) is 61.8 Å². The molecule has 2 aliphatic rings. The van der Waals surface area contributed by atoms with Crippen molar-refractivity contribution < 1.29 is 9.59 Å². The number of allylic oxidation sites excluding steroid dienone is 3. The summed E-state index contributed by atoms with van der Waals surface area (Å²) in [6, 6.07) is 8.00. The van der Waals surface area contributed by atoms with E-state index >= 15 is 0 Å². The molecular formula is C23H29N3O2. The summed E-state index contributed by atoms with van der Waals surface area (Å²) in [5.74, 6) is 0.141. The Morgan fingerprint density at radius 2 is 2.07 bits per heavy atom. The molecule has 1 aromatic rings. The first-order valence-corrected chi connectivity index (χ1v) is 10.0. The van der Waals surface area contributed by atoms with Crippen molar-refractivity contribution in [3.8, 4) is 0 Å². The fourth-order valence-corrected chi connectivity index (χ4v) is 3.76. The molecule has 1 aliphatic heterocycles. The smallest absolute Gasteiger partial charge is 0.240 e. The summed E-state index contributed by atoms with van der Waals surface area (Å²) >= 11 is 0. The van der Waals surface area contributed by atoms with Crippen LogP contribution in [0.2, 0.25) is 0 Å². The molecule has 0 saturated carbocycles. The zero-order valence-electron chi connectivity index (χ0n) is 16.8. The number of hydrogen-bond acceptors (Lipinski definition) is 3. The van der Waals surface area contributed by atoms with Crippen molar-refractivity contribution in [2.45, 2.75) is 52.4 Å². The van der Waals surface area contributed by atoms with Crippen LogP contribution < -0.4 is 10.3 Å². The molecule has 1 aromatic carbocycles. The Kier molecular flexibility index (Phi) is 6.45. The number of carbonyl (C=O) groups excluding carboxylic acids is 2. The molecule has 28 heavy (non-hydrogen) atoms. The second-order valence-electron chi connectivity index (χ2n) is 7.74. The van der Waals surface area contributed by atoms with E-state index in [4.69, 9.17) is 0 Å². The number of aryl methyl sites for hydroxylation is 1. The lowest BCUT2D eigenvalue weighted by Gasteiger charge is -2.29. The zero-order valence-corrected chi connectivity index (χ0v) is 16.8. The third-order valence-corrected chi connectivity index (χ3v) is 5.59. The van der Waals surface area contributed by atoms with E-state index in [2.05, 4.69) is 29.2 Å². The second-order valence-corrected chi connectivity index (χ2v) is 7.74. The number of hydrazone groups is 1. The van der Waals surface area contributed by atoms with E-state index in [1.54, 1.807) is 0 Å². The van der Waals surface area contributed by atoms with E-state index < -0.39 is 0 Å². The van der Waals surface area contributed by atoms with E-state index in [9.17, 15) is 9.59 Å². The van der Waals surface area contributed by atoms with Gasteiger partial charge in [0, 0.05) is 25.1 Å². The predicted octanol–water partition coefficient (Wildman–Crippen LogP) is 4.15. The Morgan fingerprint density at radius 1 is 1.29 bits per heavy atom. The lowest BCUT2D eigenvalue weighted by Crippen LogP contribution is -2.36. The van der Waals surface area contributed by atoms with Gasteiger partial charge in [-0.25, -0.2) is 5.43 Å². The summed E-state index contributed by atoms with van der Waals surface area (Å²) in [6.45, 7) is 8.78. The number of carbonyl (C=O) groups is 2. The third kappa shape index (κ3) is 4.77. The van der Waals surface area contributed by atoms with Crippen LogP contribution in [0.5, 0.6) is 0 Å². The van der Waals surface area contributed by atoms with Gasteiger partial charge in [-0.3, -0.25) is 9.59 Å². The van der Waals surface area contributed by atoms with Crippen LogP contribution in [0, 0.1) is 5.92 Å². The maximum atomic E-state index is 12.6. The summed E-state index contributed by atoms with van der Waals surface area (Å²) in [4.78, 5) is 26.7. The van der Waals surface area contributed by atoms with E-state index in [1.165, 1.54) is 5.56 Å². The monoisotopic (exact) mass is 379 g/mol. The first-order chi connectivity index (χ1) is 13.5. The van der Waals surface area contributed by atoms with Crippen LogP contribution >= 0.6 is 0 Å². The van der Waals surface area contributed by atoms with Gasteiger partial charge in [0.25, 0.3) is 0 Å². The second kappa shape index (κ2) is 9.00. The Bertz CT molecular complexity index is 838. The maximum absolute atomic E-state index is 12.6. The number of amides is 2. The highest BCUT2D eigenvalue weighted by Gasteiger charge is 2.23. The van der Waals surface area contributed by atoms with E-state index in [-0.39, 0.29) is 24.7 Å². The van der Waals surface area contributed by atoms with Crippen molar-refractivity contribution in [1.29, 1.82) is 0 Å². The molecule has 0 saturated heterocycles. The van der Waals surface area contributed by atoms with Crippen molar-refractivity contribution in [1.82, 2.24) is 5.43 Å². The Balaban J connectivity index is 1.54. The van der Waals surface area contributed by atoms with Gasteiger partial charge in [0.2, 0.25) is 11.8 Å². The molecule has 5 heteroatoms. The Morgan fingerprint density at radius 3 is 2.86 bits per heavy atom. The molecule has 1 heterocycles. The lowest BCUT2D eigenvalue weighted by atomic mass is 9.85. The van der Waals surface area contributed by atoms with Crippen LogP contribution in [0.4, 0.5) is 5.69 Å². The predicted molar refractivity (Wildman–Crippen MR) is 113 cm³/mol. The minimum atomic E-state index is -0.226. The molecule has 5 nitrogen and oxygen atoms in total. The molecule has 148 valence electrons. The average molecular weight is 380 g/mol. The highest BCUT2D eigenvalue weighted by molar-refractivity contribution is 6.01. The molecular weight excluding hydrogens is 350 g/mol. The average Bonchev–Trinajstić information content (AvgIpc) is 2.70. The Labute approximate surface area is 167 Å². The van der Waals surface area contributed by atoms with Crippen molar-refractivity contribution >= 4 is 23.2 Å². The lowest BCUT2D eigenvalue weighted by molar-refractivity contribution is -0.125. The fraction of sp³-hybridized carbons (Fsp3) is 0.435. The fourth-order valence-electron chi connectivity index (χ4n) is 3.76. The number of rotatable bonds is 5. The van der Waals surface area contributed by atoms with Gasteiger partial charge in [-0.2, -0.15) is 5.10 Å². The molecule has 0 radical (unpaired) electrons. The largest absolute Gasteiger partial charge is 0.312 e. The van der Waals surface area contributed by atoms with Gasteiger partial charge < -0.3 is 4.90 Å². The first kappa shape index (κ1) is 20.1. The standard InChI is InChI=1S/C23H29N3O2/c1-16(2)19-11-10-17(3)20(15-19)24-25-22(27)12-13-23(28)26-14-6-8-18-7-4-5-9-21(18)26/h4-5,7,9-10,19H,1,6,8,11-15H2,2-3H3,(H,25,27). The number of benzene rings is 1. The summed E-state index contributed by atoms with van der Waals surface area (Å²) in [5, 5.41) is 4.31. The number of nitrogens with zero attached hydrogens (tertiary/aromatic N) is 2. The first-order valence-electron chi connectivity index (χ1n) is 10.0. The van der Waals surface area contributed by atoms with Crippen LogP contribution in [0.15, 0.2) is 53.2 Å². The normalized spacial score (nSPS) is 20.4. The van der Waals surface area contributed by atoms with Gasteiger partial charge in [-0.15, -0.1) is 0 Å². The van der Waals surface area contributed by atoms with Crippen molar-refractivity contribution in [2.75, 3.05) is 11.4 Å². The quantitative estimate of drug-likeness (QED) is 0.617. The number of para-hydroxylation sites is 1. The van der Waals surface area contributed by atoms with Crippen molar-refractivity contribution in [2.24, 2.45) is 11.0 Å². The molecule has 0 bridgehead atoms. The minimum Gasteiger partial charge on any atom is -0.312 e. The molecule has 3 rings (SSSR count). The summed E-state index contributed by atoms with van der Waals surface area (Å²) < 4.78 is 0. The van der Waals surface area contributed by atoms with Gasteiger partial charge >= 0.3 is 0 Å². The highest BCUT2D eigenvalue weighted by atomic mass is 16.2. The van der Waals surface area contributed by atoms with Crippen LogP contribution in [-0.4, -0.2) is 24.1 Å². The van der Waals surface area contributed by atoms with Gasteiger partial charge in [0.15, 0.2) is 0 Å². The van der Waals surface area contributed by atoms with Crippen LogP contribution in [-0.2, 0) is 16.0 Å². The van der Waals surface area contributed by atoms with Crippen molar-refractivity contribution in [3.63, 3.8) is 0 Å². The molecule has 2 amide bonds. The zero-order chi connectivity index (χ0) is 20.1. The third-order valence-electron chi connectivity index (χ3n) is 5.59. The summed E-state index contributed by atoms with van der Waals surface area (Å²) in [6.07, 6.45) is 6.19.